The molecule has 0 unspecified atom stereocenters. The standard InChI is InChI=1S/C21H21N3O6S/c25-19(16-2-1-13-31-16)17-18(14-3-5-15(6-4-14)24(28)29)23(21(27)20(17)26)8-7-22-9-11-30-12-10-22/h1-6,13,18,26H,7-12H2/t18-/m1/s1. The minimum atomic E-state index is -0.816. The van der Waals surface area contributed by atoms with Gasteiger partial charge in [0.15, 0.2) is 5.76 Å². The average Bonchev–Trinajstić information content (AvgIpc) is 3.41. The summed E-state index contributed by atoms with van der Waals surface area (Å²) in [4.78, 5) is 40.6. The summed E-state index contributed by atoms with van der Waals surface area (Å²) in [6.07, 6.45) is 0. The molecule has 1 aromatic heterocycles. The fourth-order valence-electron chi connectivity index (χ4n) is 3.86. The number of Topliss-reactive ketones (excluding diaryl/α,β-unsaturated/α-hetero) is 1. The number of aliphatic hydroxyl groups excluding tert-OH is 1. The third kappa shape index (κ3) is 4.22. The van der Waals surface area contributed by atoms with Crippen molar-refractivity contribution in [3.05, 3.63) is 73.7 Å². The number of hydrogen-bond donors (Lipinski definition) is 1. The minimum Gasteiger partial charge on any atom is -0.503 e. The molecule has 4 rings (SSSR count). The molecule has 1 aromatic carbocycles. The van der Waals surface area contributed by atoms with Crippen molar-refractivity contribution >= 4 is 28.7 Å². The van der Waals surface area contributed by atoms with E-state index in [0.29, 0.717) is 36.7 Å². The van der Waals surface area contributed by atoms with Gasteiger partial charge >= 0.3 is 0 Å². The largest absolute Gasteiger partial charge is 0.503 e. The molecule has 162 valence electrons. The van der Waals surface area contributed by atoms with Gasteiger partial charge in [0.25, 0.3) is 11.6 Å². The molecule has 9 nitrogen and oxygen atoms in total. The molecule has 1 N–H and O–H groups in total. The minimum absolute atomic E-state index is 0.00304. The van der Waals surface area contributed by atoms with Gasteiger partial charge in [-0.3, -0.25) is 24.6 Å². The summed E-state index contributed by atoms with van der Waals surface area (Å²) in [6, 6.07) is 8.27. The third-order valence-corrected chi connectivity index (χ3v) is 6.34. The van der Waals surface area contributed by atoms with E-state index in [1.165, 1.54) is 40.5 Å². The summed E-state index contributed by atoms with van der Waals surface area (Å²) in [5.41, 5.74) is 0.445. The van der Waals surface area contributed by atoms with Gasteiger partial charge < -0.3 is 14.7 Å². The number of morpholine rings is 1. The van der Waals surface area contributed by atoms with E-state index in [4.69, 9.17) is 4.74 Å². The van der Waals surface area contributed by atoms with E-state index in [2.05, 4.69) is 4.90 Å². The maximum Gasteiger partial charge on any atom is 0.290 e. The quantitative estimate of drug-likeness (QED) is 0.397. The second-order valence-corrected chi connectivity index (χ2v) is 8.22. The van der Waals surface area contributed by atoms with E-state index in [-0.39, 0.29) is 11.3 Å². The Balaban J connectivity index is 1.67. The average molecular weight is 443 g/mol. The fraction of sp³-hybridized carbons (Fsp3) is 0.333. The van der Waals surface area contributed by atoms with E-state index in [1.807, 2.05) is 0 Å². The first-order valence-corrected chi connectivity index (χ1v) is 10.7. The Labute approximate surface area is 182 Å². The van der Waals surface area contributed by atoms with E-state index in [0.717, 1.165) is 13.1 Å². The maximum atomic E-state index is 13.2. The zero-order valence-electron chi connectivity index (χ0n) is 16.6. The van der Waals surface area contributed by atoms with Gasteiger partial charge in [-0.15, -0.1) is 11.3 Å². The molecule has 2 aliphatic rings. The second kappa shape index (κ2) is 8.96. The number of ether oxygens (including phenoxy) is 1. The number of carbonyl (C=O) groups is 2. The molecule has 1 amide bonds. The van der Waals surface area contributed by atoms with Gasteiger partial charge in [0.2, 0.25) is 5.78 Å². The summed E-state index contributed by atoms with van der Waals surface area (Å²) in [7, 11) is 0. The number of aliphatic hydroxyl groups is 1. The number of carbonyl (C=O) groups excluding carboxylic acids is 2. The number of nitro benzene ring substituents is 1. The van der Waals surface area contributed by atoms with Crippen molar-refractivity contribution in [2.45, 2.75) is 6.04 Å². The predicted octanol–water partition coefficient (Wildman–Crippen LogP) is 2.57. The molecule has 1 saturated heterocycles. The van der Waals surface area contributed by atoms with Gasteiger partial charge in [0.1, 0.15) is 0 Å². The van der Waals surface area contributed by atoms with E-state index < -0.39 is 28.4 Å². The summed E-state index contributed by atoms with van der Waals surface area (Å²) >= 11 is 1.23. The molecule has 2 aliphatic heterocycles. The summed E-state index contributed by atoms with van der Waals surface area (Å²) in [5.74, 6) is -1.60. The molecule has 1 atom stereocenters. The Morgan fingerprint density at radius 1 is 1.19 bits per heavy atom. The molecule has 10 heteroatoms. The van der Waals surface area contributed by atoms with Gasteiger partial charge in [0.05, 0.1) is 34.6 Å². The first-order chi connectivity index (χ1) is 15.0. The molecule has 3 heterocycles. The van der Waals surface area contributed by atoms with Gasteiger partial charge in [0, 0.05) is 38.3 Å². The van der Waals surface area contributed by atoms with Crippen LogP contribution in [0.3, 0.4) is 0 Å². The number of rotatable bonds is 7. The molecular formula is C21H21N3O6S. The third-order valence-electron chi connectivity index (χ3n) is 5.47. The highest BCUT2D eigenvalue weighted by Crippen LogP contribution is 2.39. The van der Waals surface area contributed by atoms with Crippen molar-refractivity contribution in [2.75, 3.05) is 39.4 Å². The van der Waals surface area contributed by atoms with Gasteiger partial charge in [-0.05, 0) is 29.1 Å². The van der Waals surface area contributed by atoms with Crippen LogP contribution < -0.4 is 0 Å². The molecular weight excluding hydrogens is 422 g/mol. The Kier molecular flexibility index (Phi) is 6.12. The number of nitro groups is 1. The van der Waals surface area contributed by atoms with Gasteiger partial charge in [-0.2, -0.15) is 0 Å². The highest BCUT2D eigenvalue weighted by Gasteiger charge is 2.44. The SMILES string of the molecule is O=C(C1=C(O)C(=O)N(CCN2CCOCC2)[C@@H]1c1ccc([N+](=O)[O-])cc1)c1cccs1. The first-order valence-electron chi connectivity index (χ1n) is 9.84. The Bertz CT molecular complexity index is 1010. The van der Waals surface area contributed by atoms with Crippen LogP contribution in [0.5, 0.6) is 0 Å². The summed E-state index contributed by atoms with van der Waals surface area (Å²) in [6.45, 7) is 3.57. The van der Waals surface area contributed by atoms with Crippen LogP contribution in [0.15, 0.2) is 53.1 Å². The van der Waals surface area contributed by atoms with Crippen LogP contribution in [-0.2, 0) is 9.53 Å². The van der Waals surface area contributed by atoms with Crippen molar-refractivity contribution in [3.8, 4) is 0 Å². The van der Waals surface area contributed by atoms with Crippen LogP contribution in [0.2, 0.25) is 0 Å². The summed E-state index contributed by atoms with van der Waals surface area (Å²) in [5, 5.41) is 23.4. The molecule has 1 fully saturated rings. The highest BCUT2D eigenvalue weighted by molar-refractivity contribution is 7.12. The molecule has 0 bridgehead atoms. The predicted molar refractivity (Wildman–Crippen MR) is 113 cm³/mol. The van der Waals surface area contributed by atoms with Crippen LogP contribution in [-0.4, -0.2) is 70.9 Å². The van der Waals surface area contributed by atoms with E-state index in [9.17, 15) is 24.8 Å². The van der Waals surface area contributed by atoms with Crippen molar-refractivity contribution in [3.63, 3.8) is 0 Å². The maximum absolute atomic E-state index is 13.2. The topological polar surface area (TPSA) is 113 Å². The van der Waals surface area contributed by atoms with Crippen LogP contribution >= 0.6 is 11.3 Å². The lowest BCUT2D eigenvalue weighted by atomic mass is 9.95. The van der Waals surface area contributed by atoms with Crippen molar-refractivity contribution < 1.29 is 24.4 Å². The lowest BCUT2D eigenvalue weighted by Gasteiger charge is -2.31. The molecule has 2 aromatic rings. The van der Waals surface area contributed by atoms with Gasteiger partial charge in [-0.1, -0.05) is 6.07 Å². The van der Waals surface area contributed by atoms with Crippen LogP contribution in [0.4, 0.5) is 5.69 Å². The summed E-state index contributed by atoms with van der Waals surface area (Å²) < 4.78 is 5.35. The van der Waals surface area contributed by atoms with E-state index >= 15 is 0 Å². The Hall–Kier alpha value is -3.08. The monoisotopic (exact) mass is 443 g/mol. The van der Waals surface area contributed by atoms with Crippen molar-refractivity contribution in [1.29, 1.82) is 0 Å². The molecule has 31 heavy (non-hydrogen) atoms. The highest BCUT2D eigenvalue weighted by atomic mass is 32.1. The number of thiophene rings is 1. The zero-order valence-corrected chi connectivity index (χ0v) is 17.4. The zero-order chi connectivity index (χ0) is 22.0. The van der Waals surface area contributed by atoms with Crippen LogP contribution in [0.1, 0.15) is 21.3 Å². The molecule has 0 saturated carbocycles. The lowest BCUT2D eigenvalue weighted by Crippen LogP contribution is -2.43. The lowest BCUT2D eigenvalue weighted by molar-refractivity contribution is -0.384. The number of amides is 1. The van der Waals surface area contributed by atoms with Crippen LogP contribution in [0.25, 0.3) is 0 Å². The van der Waals surface area contributed by atoms with Crippen molar-refractivity contribution in [2.24, 2.45) is 0 Å². The molecule has 0 radical (unpaired) electrons. The number of hydrogen-bond acceptors (Lipinski definition) is 8. The molecule has 0 aliphatic carbocycles. The first kappa shape index (κ1) is 21.2. The number of non-ortho nitro benzene ring substituents is 1. The van der Waals surface area contributed by atoms with Crippen molar-refractivity contribution in [1.82, 2.24) is 9.80 Å². The Morgan fingerprint density at radius 3 is 2.52 bits per heavy atom. The Morgan fingerprint density at radius 2 is 1.90 bits per heavy atom. The number of benzene rings is 1. The number of nitrogens with zero attached hydrogens (tertiary/aromatic N) is 3. The molecule has 0 spiro atoms. The fourth-order valence-corrected chi connectivity index (χ4v) is 4.53. The number of ketones is 1. The smallest absolute Gasteiger partial charge is 0.290 e. The van der Waals surface area contributed by atoms with E-state index in [1.54, 1.807) is 17.5 Å². The normalized spacial score (nSPS) is 19.8. The second-order valence-electron chi connectivity index (χ2n) is 7.27. The van der Waals surface area contributed by atoms with Crippen LogP contribution in [0, 0.1) is 10.1 Å². The van der Waals surface area contributed by atoms with Gasteiger partial charge in [-0.25, -0.2) is 0 Å².